The summed E-state index contributed by atoms with van der Waals surface area (Å²) in [5.41, 5.74) is 4.62. The third kappa shape index (κ3) is 6.47. The molecule has 0 heterocycles. The zero-order valence-electron chi connectivity index (χ0n) is 17.1. The van der Waals surface area contributed by atoms with E-state index < -0.39 is 0 Å². The number of hydrogen-bond acceptors (Lipinski definition) is 3. The summed E-state index contributed by atoms with van der Waals surface area (Å²) in [7, 11) is 4.08. The number of benzene rings is 3. The van der Waals surface area contributed by atoms with E-state index in [2.05, 4.69) is 34.5 Å². The van der Waals surface area contributed by atoms with Crippen molar-refractivity contribution >= 4 is 5.91 Å². The Hall–Kier alpha value is -3.11. The Morgan fingerprint density at radius 3 is 2.17 bits per heavy atom. The average molecular weight is 389 g/mol. The van der Waals surface area contributed by atoms with E-state index in [1.54, 1.807) is 0 Å². The van der Waals surface area contributed by atoms with Gasteiger partial charge in [0.25, 0.3) is 5.91 Å². The third-order valence-corrected chi connectivity index (χ3v) is 4.65. The minimum Gasteiger partial charge on any atom is -0.483 e. The van der Waals surface area contributed by atoms with Gasteiger partial charge in [-0.25, -0.2) is 0 Å². The molecule has 0 saturated heterocycles. The highest BCUT2D eigenvalue weighted by molar-refractivity contribution is 5.77. The minimum atomic E-state index is -0.126. The lowest BCUT2D eigenvalue weighted by atomic mass is 10.0. The molecule has 0 fully saturated rings. The molecule has 3 aromatic rings. The van der Waals surface area contributed by atoms with Gasteiger partial charge in [0.1, 0.15) is 5.75 Å². The Bertz CT molecular complexity index is 923. The molecule has 0 saturated carbocycles. The molecule has 0 unspecified atom stereocenters. The molecule has 0 aromatic heterocycles. The van der Waals surface area contributed by atoms with Gasteiger partial charge in [0, 0.05) is 19.5 Å². The van der Waals surface area contributed by atoms with Gasteiger partial charge < -0.3 is 15.0 Å². The Kier molecular flexibility index (Phi) is 7.42. The van der Waals surface area contributed by atoms with E-state index in [1.807, 2.05) is 68.7 Å². The molecule has 1 amide bonds. The molecule has 0 aliphatic rings. The predicted octanol–water partition coefficient (Wildman–Crippen LogP) is 4.03. The van der Waals surface area contributed by atoms with Crippen LogP contribution in [-0.4, -0.2) is 31.5 Å². The van der Waals surface area contributed by atoms with Crippen molar-refractivity contribution in [3.63, 3.8) is 0 Å². The van der Waals surface area contributed by atoms with E-state index >= 15 is 0 Å². The van der Waals surface area contributed by atoms with Crippen molar-refractivity contribution in [3.05, 3.63) is 101 Å². The van der Waals surface area contributed by atoms with Crippen LogP contribution in [0.25, 0.3) is 0 Å². The molecule has 0 radical (unpaired) electrons. The van der Waals surface area contributed by atoms with Gasteiger partial charge in [-0.15, -0.1) is 0 Å². The van der Waals surface area contributed by atoms with Crippen molar-refractivity contribution in [2.75, 3.05) is 20.7 Å². The van der Waals surface area contributed by atoms with Crippen molar-refractivity contribution in [2.45, 2.75) is 19.5 Å². The van der Waals surface area contributed by atoms with Gasteiger partial charge in [-0.1, -0.05) is 72.8 Å². The second kappa shape index (κ2) is 10.4. The normalized spacial score (nSPS) is 10.7. The fraction of sp³-hybridized carbons (Fsp3) is 0.240. The van der Waals surface area contributed by atoms with Crippen LogP contribution in [-0.2, 0) is 24.3 Å². The fourth-order valence-electron chi connectivity index (χ4n) is 3.22. The molecule has 4 nitrogen and oxygen atoms in total. The number of nitrogens with zero attached hydrogens (tertiary/aromatic N) is 1. The first-order valence-corrected chi connectivity index (χ1v) is 9.84. The van der Waals surface area contributed by atoms with Crippen molar-refractivity contribution in [1.29, 1.82) is 0 Å². The first-order chi connectivity index (χ1) is 14.1. The number of hydrogen-bond donors (Lipinski definition) is 1. The van der Waals surface area contributed by atoms with Gasteiger partial charge >= 0.3 is 0 Å². The maximum Gasteiger partial charge on any atom is 0.258 e. The van der Waals surface area contributed by atoms with Crippen molar-refractivity contribution in [1.82, 2.24) is 10.2 Å². The Labute approximate surface area is 173 Å². The molecular formula is C25H28N2O2. The molecule has 29 heavy (non-hydrogen) atoms. The lowest BCUT2D eigenvalue weighted by molar-refractivity contribution is -0.123. The molecule has 0 bridgehead atoms. The SMILES string of the molecule is CN(C)Cc1ccccc1CNC(=O)COc1ccccc1Cc1ccccc1. The second-order valence-electron chi connectivity index (χ2n) is 7.34. The summed E-state index contributed by atoms with van der Waals surface area (Å²) in [4.78, 5) is 14.5. The zero-order chi connectivity index (χ0) is 20.5. The number of ether oxygens (including phenoxy) is 1. The van der Waals surface area contributed by atoms with Crippen LogP contribution in [0.5, 0.6) is 5.75 Å². The van der Waals surface area contributed by atoms with Crippen LogP contribution < -0.4 is 10.1 Å². The molecule has 0 aliphatic carbocycles. The first-order valence-electron chi connectivity index (χ1n) is 9.84. The van der Waals surface area contributed by atoms with E-state index in [1.165, 1.54) is 11.1 Å². The van der Waals surface area contributed by atoms with Crippen molar-refractivity contribution < 1.29 is 9.53 Å². The number of nitrogens with one attached hydrogen (secondary N) is 1. The summed E-state index contributed by atoms with van der Waals surface area (Å²) >= 11 is 0. The third-order valence-electron chi connectivity index (χ3n) is 4.65. The highest BCUT2D eigenvalue weighted by atomic mass is 16.5. The van der Waals surface area contributed by atoms with E-state index in [4.69, 9.17) is 4.74 Å². The largest absolute Gasteiger partial charge is 0.483 e. The molecule has 3 aromatic carbocycles. The highest BCUT2D eigenvalue weighted by Crippen LogP contribution is 2.21. The smallest absolute Gasteiger partial charge is 0.258 e. The van der Waals surface area contributed by atoms with Gasteiger partial charge in [-0.05, 0) is 42.4 Å². The van der Waals surface area contributed by atoms with Crippen molar-refractivity contribution in [2.24, 2.45) is 0 Å². The lowest BCUT2D eigenvalue weighted by Crippen LogP contribution is -2.29. The summed E-state index contributed by atoms with van der Waals surface area (Å²) in [5, 5.41) is 2.97. The van der Waals surface area contributed by atoms with E-state index in [0.717, 1.165) is 29.8 Å². The molecular weight excluding hydrogens is 360 g/mol. The standard InChI is InChI=1S/C25H28N2O2/c1-27(2)18-23-14-7-6-13-22(23)17-26-25(28)19-29-24-15-9-8-12-21(24)16-20-10-4-3-5-11-20/h3-15H,16-19H2,1-2H3,(H,26,28). The van der Waals surface area contributed by atoms with Gasteiger partial charge in [-0.2, -0.15) is 0 Å². The summed E-state index contributed by atoms with van der Waals surface area (Å²) in [6, 6.07) is 26.3. The van der Waals surface area contributed by atoms with E-state index in [9.17, 15) is 4.79 Å². The average Bonchev–Trinajstić information content (AvgIpc) is 2.73. The van der Waals surface area contributed by atoms with Gasteiger partial charge in [0.05, 0.1) is 0 Å². The lowest BCUT2D eigenvalue weighted by Gasteiger charge is -2.15. The van der Waals surface area contributed by atoms with Gasteiger partial charge in [0.15, 0.2) is 6.61 Å². The molecule has 3 rings (SSSR count). The van der Waals surface area contributed by atoms with Gasteiger partial charge in [-0.3, -0.25) is 4.79 Å². The van der Waals surface area contributed by atoms with Crippen molar-refractivity contribution in [3.8, 4) is 5.75 Å². The van der Waals surface area contributed by atoms with Crippen LogP contribution in [0.2, 0.25) is 0 Å². The summed E-state index contributed by atoms with van der Waals surface area (Å²) in [5.74, 6) is 0.624. The van der Waals surface area contributed by atoms with Crippen LogP contribution in [0.3, 0.4) is 0 Å². The summed E-state index contributed by atoms with van der Waals surface area (Å²) in [6.07, 6.45) is 0.774. The van der Waals surface area contributed by atoms with Crippen LogP contribution in [0.4, 0.5) is 0 Å². The Balaban J connectivity index is 1.55. The highest BCUT2D eigenvalue weighted by Gasteiger charge is 2.09. The zero-order valence-corrected chi connectivity index (χ0v) is 17.1. The predicted molar refractivity (Wildman–Crippen MR) is 117 cm³/mol. The molecule has 0 atom stereocenters. The molecule has 0 spiro atoms. The Morgan fingerprint density at radius 2 is 1.45 bits per heavy atom. The summed E-state index contributed by atoms with van der Waals surface area (Å²) in [6.45, 7) is 1.34. The van der Waals surface area contributed by atoms with Gasteiger partial charge in [0.2, 0.25) is 0 Å². The van der Waals surface area contributed by atoms with Crippen LogP contribution in [0, 0.1) is 0 Å². The molecule has 150 valence electrons. The topological polar surface area (TPSA) is 41.6 Å². The summed E-state index contributed by atoms with van der Waals surface area (Å²) < 4.78 is 5.83. The first kappa shape index (κ1) is 20.6. The number of amides is 1. The van der Waals surface area contributed by atoms with Crippen LogP contribution in [0.1, 0.15) is 22.3 Å². The quantitative estimate of drug-likeness (QED) is 0.602. The molecule has 4 heteroatoms. The van der Waals surface area contributed by atoms with E-state index in [-0.39, 0.29) is 12.5 Å². The maximum absolute atomic E-state index is 12.3. The number of rotatable bonds is 9. The van der Waals surface area contributed by atoms with E-state index in [0.29, 0.717) is 6.54 Å². The Morgan fingerprint density at radius 1 is 0.828 bits per heavy atom. The molecule has 0 aliphatic heterocycles. The van der Waals surface area contributed by atoms with Crippen LogP contribution >= 0.6 is 0 Å². The fourth-order valence-corrected chi connectivity index (χ4v) is 3.22. The minimum absolute atomic E-state index is 0.00164. The molecule has 1 N–H and O–H groups in total. The van der Waals surface area contributed by atoms with Crippen LogP contribution in [0.15, 0.2) is 78.9 Å². The second-order valence-corrected chi connectivity index (χ2v) is 7.34. The maximum atomic E-state index is 12.3. The number of carbonyl (C=O) groups excluding carboxylic acids is 1. The number of carbonyl (C=O) groups is 1. The number of para-hydroxylation sites is 1. The monoisotopic (exact) mass is 388 g/mol.